The molecule has 0 N–H and O–H groups in total. The van der Waals surface area contributed by atoms with E-state index in [1.54, 1.807) is 0 Å². The van der Waals surface area contributed by atoms with E-state index in [0.717, 1.165) is 18.8 Å². The van der Waals surface area contributed by atoms with Crippen LogP contribution in [0, 0.1) is 5.92 Å². The van der Waals surface area contributed by atoms with Crippen LogP contribution in [0.1, 0.15) is 46.5 Å². The monoisotopic (exact) mass is 172 g/mol. The van der Waals surface area contributed by atoms with Crippen LogP contribution in [0.3, 0.4) is 0 Å². The fourth-order valence-electron chi connectivity index (χ4n) is 1.15. The standard InChI is InChI=1S/C10H20O2/c1-9(2)6-4-5-7-10(3)12-8-11/h8-10H,4-7H2,1-3H3. The Morgan fingerprint density at radius 2 is 1.75 bits per heavy atom. The van der Waals surface area contributed by atoms with Crippen LogP contribution in [0.5, 0.6) is 0 Å². The average molecular weight is 172 g/mol. The maximum atomic E-state index is 9.93. The Morgan fingerprint density at radius 3 is 2.25 bits per heavy atom. The summed E-state index contributed by atoms with van der Waals surface area (Å²) in [5.74, 6) is 0.785. The molecule has 0 aliphatic carbocycles. The molecule has 0 aromatic carbocycles. The second-order valence-electron chi connectivity index (χ2n) is 3.72. The molecular weight excluding hydrogens is 152 g/mol. The Morgan fingerprint density at radius 1 is 1.17 bits per heavy atom. The zero-order valence-electron chi connectivity index (χ0n) is 8.38. The zero-order chi connectivity index (χ0) is 9.40. The lowest BCUT2D eigenvalue weighted by atomic mass is 10.0. The number of rotatable bonds is 7. The Balaban J connectivity index is 3.13. The maximum absolute atomic E-state index is 9.93. The number of hydrogen-bond donors (Lipinski definition) is 0. The summed E-state index contributed by atoms with van der Waals surface area (Å²) in [6.45, 7) is 6.92. The lowest BCUT2D eigenvalue weighted by Crippen LogP contribution is -2.06. The van der Waals surface area contributed by atoms with Crippen LogP contribution < -0.4 is 0 Å². The van der Waals surface area contributed by atoms with E-state index >= 15 is 0 Å². The molecule has 72 valence electrons. The molecule has 0 aromatic heterocycles. The van der Waals surface area contributed by atoms with Crippen molar-refractivity contribution in [3.63, 3.8) is 0 Å². The molecule has 0 aliphatic rings. The van der Waals surface area contributed by atoms with Gasteiger partial charge in [-0.3, -0.25) is 4.79 Å². The maximum Gasteiger partial charge on any atom is 0.293 e. The van der Waals surface area contributed by atoms with Crippen molar-refractivity contribution in [2.75, 3.05) is 0 Å². The smallest absolute Gasteiger partial charge is 0.293 e. The van der Waals surface area contributed by atoms with Gasteiger partial charge >= 0.3 is 0 Å². The highest BCUT2D eigenvalue weighted by Gasteiger charge is 2.01. The van der Waals surface area contributed by atoms with Crippen molar-refractivity contribution >= 4 is 6.47 Å². The van der Waals surface area contributed by atoms with Crippen LogP contribution in [-0.4, -0.2) is 12.6 Å². The number of carbonyl (C=O) groups is 1. The van der Waals surface area contributed by atoms with E-state index in [1.807, 2.05) is 6.92 Å². The van der Waals surface area contributed by atoms with Crippen LogP contribution in [-0.2, 0) is 9.53 Å². The third-order valence-electron chi connectivity index (χ3n) is 1.93. The Labute approximate surface area is 75.3 Å². The Bertz CT molecular complexity index is 110. The number of ether oxygens (including phenoxy) is 1. The van der Waals surface area contributed by atoms with E-state index in [4.69, 9.17) is 4.74 Å². The minimum atomic E-state index is 0.0923. The van der Waals surface area contributed by atoms with Crippen molar-refractivity contribution in [1.82, 2.24) is 0 Å². The Hall–Kier alpha value is -0.530. The minimum Gasteiger partial charge on any atom is -0.465 e. The molecule has 12 heavy (non-hydrogen) atoms. The predicted molar refractivity (Wildman–Crippen MR) is 49.9 cm³/mol. The van der Waals surface area contributed by atoms with E-state index < -0.39 is 0 Å². The molecule has 0 saturated carbocycles. The van der Waals surface area contributed by atoms with Crippen LogP contribution in [0.2, 0.25) is 0 Å². The van der Waals surface area contributed by atoms with E-state index in [2.05, 4.69) is 13.8 Å². The fraction of sp³-hybridized carbons (Fsp3) is 0.900. The molecule has 2 heteroatoms. The first-order valence-electron chi connectivity index (χ1n) is 4.76. The molecule has 0 amide bonds. The molecule has 0 saturated heterocycles. The first-order valence-corrected chi connectivity index (χ1v) is 4.76. The molecule has 0 aliphatic heterocycles. The van der Waals surface area contributed by atoms with Crippen molar-refractivity contribution in [1.29, 1.82) is 0 Å². The predicted octanol–water partition coefficient (Wildman–Crippen LogP) is 2.76. The molecule has 0 spiro atoms. The summed E-state index contributed by atoms with van der Waals surface area (Å²) in [6, 6.07) is 0. The van der Waals surface area contributed by atoms with E-state index in [1.165, 1.54) is 12.8 Å². The van der Waals surface area contributed by atoms with E-state index in [9.17, 15) is 4.79 Å². The van der Waals surface area contributed by atoms with E-state index in [-0.39, 0.29) is 6.10 Å². The lowest BCUT2D eigenvalue weighted by molar-refractivity contribution is -0.133. The van der Waals surface area contributed by atoms with Gasteiger partial charge in [0.05, 0.1) is 6.10 Å². The van der Waals surface area contributed by atoms with Gasteiger partial charge in [0.15, 0.2) is 0 Å². The SMILES string of the molecule is CC(C)CCCCC(C)OC=O. The van der Waals surface area contributed by atoms with Crippen molar-refractivity contribution in [3.8, 4) is 0 Å². The highest BCUT2D eigenvalue weighted by Crippen LogP contribution is 2.10. The van der Waals surface area contributed by atoms with Gasteiger partial charge in [0.1, 0.15) is 0 Å². The van der Waals surface area contributed by atoms with Gasteiger partial charge in [0, 0.05) is 0 Å². The second kappa shape index (κ2) is 7.14. The van der Waals surface area contributed by atoms with Crippen LogP contribution in [0.25, 0.3) is 0 Å². The third-order valence-corrected chi connectivity index (χ3v) is 1.93. The second-order valence-corrected chi connectivity index (χ2v) is 3.72. The summed E-state index contributed by atoms with van der Waals surface area (Å²) in [5.41, 5.74) is 0. The fourth-order valence-corrected chi connectivity index (χ4v) is 1.15. The molecule has 0 heterocycles. The topological polar surface area (TPSA) is 26.3 Å². The zero-order valence-corrected chi connectivity index (χ0v) is 8.38. The average Bonchev–Trinajstić information content (AvgIpc) is 1.98. The van der Waals surface area contributed by atoms with Crippen LogP contribution in [0.15, 0.2) is 0 Å². The molecule has 0 fully saturated rings. The molecule has 0 rings (SSSR count). The molecule has 0 bridgehead atoms. The van der Waals surface area contributed by atoms with Gasteiger partial charge in [-0.1, -0.05) is 26.7 Å². The first-order chi connectivity index (χ1) is 5.66. The number of hydrogen-bond acceptors (Lipinski definition) is 2. The molecule has 0 aromatic rings. The van der Waals surface area contributed by atoms with Crippen molar-refractivity contribution in [2.45, 2.75) is 52.6 Å². The van der Waals surface area contributed by atoms with Crippen molar-refractivity contribution in [2.24, 2.45) is 5.92 Å². The van der Waals surface area contributed by atoms with Gasteiger partial charge in [-0.05, 0) is 25.7 Å². The van der Waals surface area contributed by atoms with E-state index in [0.29, 0.717) is 6.47 Å². The quantitative estimate of drug-likeness (QED) is 0.436. The largest absolute Gasteiger partial charge is 0.465 e. The first kappa shape index (κ1) is 11.5. The minimum absolute atomic E-state index is 0.0923. The van der Waals surface area contributed by atoms with Gasteiger partial charge in [0.2, 0.25) is 0 Å². The van der Waals surface area contributed by atoms with Gasteiger partial charge in [-0.15, -0.1) is 0 Å². The molecule has 1 atom stereocenters. The summed E-state index contributed by atoms with van der Waals surface area (Å²) in [4.78, 5) is 9.93. The van der Waals surface area contributed by atoms with Gasteiger partial charge in [0.25, 0.3) is 6.47 Å². The summed E-state index contributed by atoms with van der Waals surface area (Å²) in [7, 11) is 0. The lowest BCUT2D eigenvalue weighted by Gasteiger charge is -2.09. The highest BCUT2D eigenvalue weighted by molar-refractivity contribution is 5.37. The van der Waals surface area contributed by atoms with Crippen LogP contribution >= 0.6 is 0 Å². The third kappa shape index (κ3) is 7.58. The normalized spacial score (nSPS) is 13.0. The summed E-state index contributed by atoms with van der Waals surface area (Å²) >= 11 is 0. The number of carbonyl (C=O) groups excluding carboxylic acids is 1. The molecule has 1 unspecified atom stereocenters. The molecule has 0 radical (unpaired) electrons. The Kier molecular flexibility index (Phi) is 6.82. The van der Waals surface area contributed by atoms with Gasteiger partial charge in [-0.2, -0.15) is 0 Å². The summed E-state index contributed by atoms with van der Waals surface area (Å²) < 4.78 is 4.77. The number of unbranched alkanes of at least 4 members (excludes halogenated alkanes) is 1. The summed E-state index contributed by atoms with van der Waals surface area (Å²) in [5, 5.41) is 0. The molecular formula is C10H20O2. The van der Waals surface area contributed by atoms with Gasteiger partial charge < -0.3 is 4.74 Å². The van der Waals surface area contributed by atoms with Gasteiger partial charge in [-0.25, -0.2) is 0 Å². The molecule has 2 nitrogen and oxygen atoms in total. The highest BCUT2D eigenvalue weighted by atomic mass is 16.5. The summed E-state index contributed by atoms with van der Waals surface area (Å²) in [6.07, 6.45) is 4.76. The van der Waals surface area contributed by atoms with Crippen LogP contribution in [0.4, 0.5) is 0 Å². The van der Waals surface area contributed by atoms with Crippen molar-refractivity contribution < 1.29 is 9.53 Å². The van der Waals surface area contributed by atoms with Crippen molar-refractivity contribution in [3.05, 3.63) is 0 Å².